The number of urea groups is 1. The fraction of sp³-hybridized carbons (Fsp3) is 0.486. The van der Waals surface area contributed by atoms with Gasteiger partial charge in [0.2, 0.25) is 5.91 Å². The number of aromatic nitrogens is 3. The van der Waals surface area contributed by atoms with Gasteiger partial charge >= 0.3 is 11.7 Å². The number of benzene rings is 2. The molecule has 3 aliphatic rings. The number of amides is 3. The highest BCUT2D eigenvalue weighted by Gasteiger charge is 2.34. The molecule has 0 saturated carbocycles. The number of aromatic amines is 1. The van der Waals surface area contributed by atoms with Crippen molar-refractivity contribution in [1.82, 2.24) is 34.6 Å². The van der Waals surface area contributed by atoms with Crippen LogP contribution < -0.4 is 15.7 Å². The van der Waals surface area contributed by atoms with Gasteiger partial charge < -0.3 is 29.6 Å². The molecule has 0 aliphatic carbocycles. The Balaban J connectivity index is 1.05. The Morgan fingerprint density at radius 3 is 2.38 bits per heavy atom. The van der Waals surface area contributed by atoms with Crippen LogP contribution in [0.25, 0.3) is 21.9 Å². The maximum atomic E-state index is 14.1. The van der Waals surface area contributed by atoms with Gasteiger partial charge in [-0.1, -0.05) is 30.3 Å². The van der Waals surface area contributed by atoms with Crippen molar-refractivity contribution in [2.45, 2.75) is 64.1 Å². The Morgan fingerprint density at radius 2 is 1.68 bits per heavy atom. The third kappa shape index (κ3) is 6.84. The smallest absolute Gasteiger partial charge is 0.326 e. The second-order valence-corrected chi connectivity index (χ2v) is 13.7. The Morgan fingerprint density at radius 1 is 0.980 bits per heavy atom. The van der Waals surface area contributed by atoms with E-state index in [0.29, 0.717) is 63.7 Å². The number of nitrogens with zero attached hydrogens (tertiary/aromatic N) is 5. The van der Waals surface area contributed by atoms with Gasteiger partial charge in [0.15, 0.2) is 0 Å². The van der Waals surface area contributed by atoms with Crippen molar-refractivity contribution in [3.63, 3.8) is 0 Å². The molecular formula is C37H45N7O6. The summed E-state index contributed by atoms with van der Waals surface area (Å²) in [6, 6.07) is 10.9. The van der Waals surface area contributed by atoms with E-state index in [4.69, 9.17) is 9.47 Å². The van der Waals surface area contributed by atoms with E-state index in [1.165, 1.54) is 0 Å². The van der Waals surface area contributed by atoms with Gasteiger partial charge in [0.05, 0.1) is 22.7 Å². The molecule has 1 atom stereocenters. The number of imidazole rings is 1. The fourth-order valence-electron chi connectivity index (χ4n) is 8.06. The van der Waals surface area contributed by atoms with E-state index in [1.54, 1.807) is 15.7 Å². The summed E-state index contributed by atoms with van der Waals surface area (Å²) in [5.41, 5.74) is 4.61. The minimum Gasteiger partial charge on any atom is -0.428 e. The highest BCUT2D eigenvalue weighted by atomic mass is 16.5. The van der Waals surface area contributed by atoms with Crippen molar-refractivity contribution in [2.75, 3.05) is 52.5 Å². The second kappa shape index (κ2) is 14.6. The van der Waals surface area contributed by atoms with E-state index >= 15 is 0 Å². The fourth-order valence-corrected chi connectivity index (χ4v) is 8.06. The van der Waals surface area contributed by atoms with Crippen LogP contribution in [0.3, 0.4) is 0 Å². The molecular weight excluding hydrogens is 638 g/mol. The lowest BCUT2D eigenvalue weighted by Gasteiger charge is -2.41. The quantitative estimate of drug-likeness (QED) is 0.270. The van der Waals surface area contributed by atoms with Crippen LogP contribution in [0.15, 0.2) is 47.4 Å². The van der Waals surface area contributed by atoms with E-state index < -0.39 is 6.04 Å². The molecule has 3 amide bonds. The van der Waals surface area contributed by atoms with Crippen LogP contribution in [0.2, 0.25) is 0 Å². The van der Waals surface area contributed by atoms with Crippen LogP contribution in [0.5, 0.6) is 5.75 Å². The number of pyridine rings is 1. The minimum atomic E-state index is -0.776. The number of hydrogen-bond acceptors (Lipinski definition) is 8. The summed E-state index contributed by atoms with van der Waals surface area (Å²) in [5.74, 6) is 0.398. The largest absolute Gasteiger partial charge is 0.428 e. The number of H-pyrrole nitrogens is 1. The lowest BCUT2D eigenvalue weighted by Crippen LogP contribution is -2.59. The number of fused-ring (bicyclic) bond motifs is 3. The zero-order valence-electron chi connectivity index (χ0n) is 28.7. The number of likely N-dealkylation sites (tertiary alicyclic amines) is 1. The number of hydrogen-bond donors (Lipinski definition) is 2. The van der Waals surface area contributed by atoms with Gasteiger partial charge in [-0.25, -0.2) is 9.59 Å². The van der Waals surface area contributed by atoms with E-state index in [2.05, 4.69) is 20.2 Å². The lowest BCUT2D eigenvalue weighted by molar-refractivity contribution is -0.135. The molecule has 0 bridgehead atoms. The van der Waals surface area contributed by atoms with Crippen molar-refractivity contribution in [3.05, 3.63) is 69.8 Å². The predicted octanol–water partition coefficient (Wildman–Crippen LogP) is 3.31. The molecule has 264 valence electrons. The first-order chi connectivity index (χ1) is 24.3. The van der Waals surface area contributed by atoms with Gasteiger partial charge in [0, 0.05) is 76.4 Å². The first kappa shape index (κ1) is 33.7. The Bertz CT molecular complexity index is 1910. The SMILES string of the molecule is Cc1cc(C[C@@H](NC(=O)N2CCC(n3c(=O)[nH]c4c5ccccc5ncc43)CC2)C(=O)N2CCN(C3CCOCC3)CC2)cc(C)c1OC=O. The topological polar surface area (TPSA) is 142 Å². The number of piperazine rings is 1. The summed E-state index contributed by atoms with van der Waals surface area (Å²) in [4.78, 5) is 65.9. The number of nitrogens with one attached hydrogen (secondary N) is 2. The second-order valence-electron chi connectivity index (χ2n) is 13.7. The maximum absolute atomic E-state index is 14.1. The lowest BCUT2D eigenvalue weighted by atomic mass is 9.99. The zero-order chi connectivity index (χ0) is 34.8. The van der Waals surface area contributed by atoms with E-state index in [-0.39, 0.29) is 23.7 Å². The van der Waals surface area contributed by atoms with Crippen molar-refractivity contribution >= 4 is 40.3 Å². The molecule has 5 heterocycles. The molecule has 2 aromatic carbocycles. The van der Waals surface area contributed by atoms with Crippen molar-refractivity contribution < 1.29 is 23.9 Å². The summed E-state index contributed by atoms with van der Waals surface area (Å²) in [5, 5.41) is 3.99. The van der Waals surface area contributed by atoms with Gasteiger partial charge in [0.25, 0.3) is 6.47 Å². The van der Waals surface area contributed by atoms with Gasteiger partial charge in [-0.15, -0.1) is 0 Å². The first-order valence-corrected chi connectivity index (χ1v) is 17.6. The summed E-state index contributed by atoms with van der Waals surface area (Å²) < 4.78 is 12.5. The summed E-state index contributed by atoms with van der Waals surface area (Å²) >= 11 is 0. The Labute approximate surface area is 290 Å². The molecule has 7 rings (SSSR count). The molecule has 3 fully saturated rings. The van der Waals surface area contributed by atoms with Crippen LogP contribution in [-0.4, -0.2) is 112 Å². The number of piperidine rings is 1. The average molecular weight is 684 g/mol. The van der Waals surface area contributed by atoms with E-state index in [0.717, 1.165) is 77.8 Å². The molecule has 2 N–H and O–H groups in total. The summed E-state index contributed by atoms with van der Waals surface area (Å²) in [6.45, 7) is 9.35. The molecule has 0 unspecified atom stereocenters. The third-order valence-corrected chi connectivity index (χ3v) is 10.6. The number of carbonyl (C=O) groups is 3. The molecule has 4 aromatic rings. The average Bonchev–Trinajstić information content (AvgIpc) is 3.49. The van der Waals surface area contributed by atoms with Gasteiger partial charge in [-0.05, 0) is 62.3 Å². The van der Waals surface area contributed by atoms with E-state index in [1.807, 2.05) is 55.1 Å². The van der Waals surface area contributed by atoms with Crippen molar-refractivity contribution in [2.24, 2.45) is 0 Å². The molecule has 13 heteroatoms. The van der Waals surface area contributed by atoms with Crippen LogP contribution in [0.1, 0.15) is 48.4 Å². The number of aryl methyl sites for hydroxylation is 2. The van der Waals surface area contributed by atoms with Crippen LogP contribution >= 0.6 is 0 Å². The molecule has 3 saturated heterocycles. The molecule has 13 nitrogen and oxygen atoms in total. The molecule has 0 spiro atoms. The Kier molecular flexibility index (Phi) is 9.86. The highest BCUT2D eigenvalue weighted by Crippen LogP contribution is 2.29. The zero-order valence-corrected chi connectivity index (χ0v) is 28.7. The van der Waals surface area contributed by atoms with Gasteiger partial charge in [-0.3, -0.25) is 24.0 Å². The minimum absolute atomic E-state index is 0.0919. The van der Waals surface area contributed by atoms with Gasteiger partial charge in [-0.2, -0.15) is 0 Å². The molecule has 2 aromatic heterocycles. The van der Waals surface area contributed by atoms with E-state index in [9.17, 15) is 19.2 Å². The standard InChI is InChI=1S/C37H45N7O6/c1-24-19-26(20-25(2)34(24)50-23-45)21-31(35(46)42-15-13-41(14-16-42)27-9-17-49-18-10-27)39-36(47)43-11-7-28(8-12-43)44-32-22-38-30-6-4-3-5-29(30)33(32)40-37(44)48/h3-6,19-20,22-23,27-28,31H,7-18,21H2,1-2H3,(H,39,47)(H,40,48)/t31-/m1/s1. The first-order valence-electron chi connectivity index (χ1n) is 17.6. The normalized spacial score (nSPS) is 18.8. The van der Waals surface area contributed by atoms with Gasteiger partial charge in [0.1, 0.15) is 11.8 Å². The number of ether oxygens (including phenoxy) is 2. The number of carbonyl (C=O) groups excluding carboxylic acids is 3. The molecule has 0 radical (unpaired) electrons. The number of para-hydroxylation sites is 1. The monoisotopic (exact) mass is 683 g/mol. The third-order valence-electron chi connectivity index (χ3n) is 10.6. The van der Waals surface area contributed by atoms with Crippen LogP contribution in [-0.2, 0) is 20.7 Å². The van der Waals surface area contributed by atoms with Crippen molar-refractivity contribution in [3.8, 4) is 5.75 Å². The van der Waals surface area contributed by atoms with Crippen molar-refractivity contribution in [1.29, 1.82) is 0 Å². The number of rotatable bonds is 8. The molecule has 50 heavy (non-hydrogen) atoms. The Hall–Kier alpha value is -4.75. The summed E-state index contributed by atoms with van der Waals surface area (Å²) in [7, 11) is 0. The molecule has 3 aliphatic heterocycles. The summed E-state index contributed by atoms with van der Waals surface area (Å²) in [6.07, 6.45) is 5.25. The van der Waals surface area contributed by atoms with Crippen LogP contribution in [0, 0.1) is 13.8 Å². The maximum Gasteiger partial charge on any atom is 0.326 e. The highest BCUT2D eigenvalue weighted by molar-refractivity contribution is 6.01. The predicted molar refractivity (Wildman–Crippen MR) is 188 cm³/mol. The van der Waals surface area contributed by atoms with Crippen LogP contribution in [0.4, 0.5) is 4.79 Å².